The van der Waals surface area contributed by atoms with Crippen LogP contribution in [0, 0.1) is 19.3 Å². The van der Waals surface area contributed by atoms with Gasteiger partial charge in [-0.15, -0.1) is 6.42 Å². The van der Waals surface area contributed by atoms with E-state index >= 15 is 0 Å². The zero-order valence-electron chi connectivity index (χ0n) is 10.2. The zero-order chi connectivity index (χ0) is 13.1. The highest BCUT2D eigenvalue weighted by molar-refractivity contribution is 5.99. The third-order valence-corrected chi connectivity index (χ3v) is 2.70. The van der Waals surface area contributed by atoms with Crippen molar-refractivity contribution in [2.45, 2.75) is 6.92 Å². The maximum atomic E-state index is 11.8. The van der Waals surface area contributed by atoms with Gasteiger partial charge in [0.1, 0.15) is 11.3 Å². The Morgan fingerprint density at radius 1 is 1.56 bits per heavy atom. The van der Waals surface area contributed by atoms with Gasteiger partial charge < -0.3 is 14.5 Å². The standard InChI is InChI=1S/C14H13NO3/c1-4-7-15-14(16)13-9(2)11-8-10(17-3)5-6-12(11)18-13/h1,5-6,8H,7H2,2-3H3,(H,15,16). The molecule has 4 heteroatoms. The molecule has 0 saturated carbocycles. The van der Waals surface area contributed by atoms with Crippen molar-refractivity contribution in [3.05, 3.63) is 29.5 Å². The fraction of sp³-hybridized carbons (Fsp3) is 0.214. The largest absolute Gasteiger partial charge is 0.497 e. The minimum absolute atomic E-state index is 0.179. The monoisotopic (exact) mass is 243 g/mol. The van der Waals surface area contributed by atoms with Crippen LogP contribution in [0.25, 0.3) is 11.0 Å². The van der Waals surface area contributed by atoms with E-state index in [4.69, 9.17) is 15.6 Å². The first-order valence-electron chi connectivity index (χ1n) is 5.46. The molecule has 1 heterocycles. The highest BCUT2D eigenvalue weighted by Gasteiger charge is 2.17. The highest BCUT2D eigenvalue weighted by Crippen LogP contribution is 2.28. The molecular formula is C14H13NO3. The van der Waals surface area contributed by atoms with Gasteiger partial charge in [-0.3, -0.25) is 4.79 Å². The second-order valence-corrected chi connectivity index (χ2v) is 3.81. The summed E-state index contributed by atoms with van der Waals surface area (Å²) >= 11 is 0. The number of nitrogens with one attached hydrogen (secondary N) is 1. The zero-order valence-corrected chi connectivity index (χ0v) is 10.2. The molecule has 2 rings (SSSR count). The molecule has 0 atom stereocenters. The van der Waals surface area contributed by atoms with E-state index in [1.807, 2.05) is 13.0 Å². The predicted molar refractivity (Wildman–Crippen MR) is 68.7 cm³/mol. The number of carbonyl (C=O) groups is 1. The molecule has 0 bridgehead atoms. The van der Waals surface area contributed by atoms with E-state index in [2.05, 4.69) is 11.2 Å². The van der Waals surface area contributed by atoms with Gasteiger partial charge in [-0.05, 0) is 25.1 Å². The number of methoxy groups -OCH3 is 1. The van der Waals surface area contributed by atoms with Crippen LogP contribution in [-0.2, 0) is 0 Å². The average Bonchev–Trinajstić information content (AvgIpc) is 2.73. The summed E-state index contributed by atoms with van der Waals surface area (Å²) in [4.78, 5) is 11.8. The van der Waals surface area contributed by atoms with Gasteiger partial charge >= 0.3 is 0 Å². The molecule has 0 saturated heterocycles. The maximum Gasteiger partial charge on any atom is 0.288 e. The van der Waals surface area contributed by atoms with Gasteiger partial charge in [0.2, 0.25) is 0 Å². The number of rotatable bonds is 3. The Kier molecular flexibility index (Phi) is 3.24. The Balaban J connectivity index is 2.44. The lowest BCUT2D eigenvalue weighted by molar-refractivity contribution is 0.0932. The molecule has 0 radical (unpaired) electrons. The van der Waals surface area contributed by atoms with E-state index in [9.17, 15) is 4.79 Å². The number of ether oxygens (including phenoxy) is 1. The quantitative estimate of drug-likeness (QED) is 0.840. The number of furan rings is 1. The van der Waals surface area contributed by atoms with Crippen LogP contribution in [0.1, 0.15) is 16.1 Å². The topological polar surface area (TPSA) is 51.5 Å². The molecule has 4 nitrogen and oxygen atoms in total. The summed E-state index contributed by atoms with van der Waals surface area (Å²) in [7, 11) is 1.59. The van der Waals surface area contributed by atoms with Crippen LogP contribution >= 0.6 is 0 Å². The number of terminal acetylenes is 1. The van der Waals surface area contributed by atoms with E-state index in [0.717, 1.165) is 16.7 Å². The summed E-state index contributed by atoms with van der Waals surface area (Å²) in [6.07, 6.45) is 5.09. The first-order chi connectivity index (χ1) is 8.67. The number of hydrogen-bond donors (Lipinski definition) is 1. The fourth-order valence-corrected chi connectivity index (χ4v) is 1.76. The van der Waals surface area contributed by atoms with Gasteiger partial charge in [-0.1, -0.05) is 5.92 Å². The second-order valence-electron chi connectivity index (χ2n) is 3.81. The second kappa shape index (κ2) is 4.84. The Labute approximate surface area is 105 Å². The molecule has 1 aromatic heterocycles. The minimum Gasteiger partial charge on any atom is -0.497 e. The van der Waals surface area contributed by atoms with E-state index in [-0.39, 0.29) is 18.2 Å². The average molecular weight is 243 g/mol. The van der Waals surface area contributed by atoms with Gasteiger partial charge in [0.25, 0.3) is 5.91 Å². The number of aryl methyl sites for hydroxylation is 1. The van der Waals surface area contributed by atoms with Crippen LogP contribution in [-0.4, -0.2) is 19.6 Å². The van der Waals surface area contributed by atoms with Crippen molar-refractivity contribution in [3.63, 3.8) is 0 Å². The maximum absolute atomic E-state index is 11.8. The van der Waals surface area contributed by atoms with Crippen molar-refractivity contribution in [2.24, 2.45) is 0 Å². The van der Waals surface area contributed by atoms with Crippen LogP contribution in [0.5, 0.6) is 5.75 Å². The van der Waals surface area contributed by atoms with Crippen LogP contribution in [0.2, 0.25) is 0 Å². The summed E-state index contributed by atoms with van der Waals surface area (Å²) in [6.45, 7) is 2.01. The molecule has 0 aliphatic carbocycles. The number of hydrogen-bond acceptors (Lipinski definition) is 3. The van der Waals surface area contributed by atoms with Gasteiger partial charge in [-0.2, -0.15) is 0 Å². The van der Waals surface area contributed by atoms with E-state index in [1.54, 1.807) is 19.2 Å². The van der Waals surface area contributed by atoms with Gasteiger partial charge in [0, 0.05) is 10.9 Å². The predicted octanol–water partition coefficient (Wildman–Crippen LogP) is 2.11. The lowest BCUT2D eigenvalue weighted by Crippen LogP contribution is -2.23. The summed E-state index contributed by atoms with van der Waals surface area (Å²) in [5, 5.41) is 3.44. The highest BCUT2D eigenvalue weighted by atomic mass is 16.5. The summed E-state index contributed by atoms with van der Waals surface area (Å²) in [6, 6.07) is 5.40. The van der Waals surface area contributed by atoms with E-state index in [1.165, 1.54) is 0 Å². The van der Waals surface area contributed by atoms with Crippen molar-refractivity contribution in [1.29, 1.82) is 0 Å². The molecule has 1 amide bonds. The third kappa shape index (κ3) is 2.03. The molecule has 92 valence electrons. The lowest BCUT2D eigenvalue weighted by Gasteiger charge is -1.98. The first-order valence-corrected chi connectivity index (χ1v) is 5.46. The van der Waals surface area contributed by atoms with Crippen LogP contribution in [0.3, 0.4) is 0 Å². The molecule has 0 fully saturated rings. The Bertz CT molecular complexity index is 634. The lowest BCUT2D eigenvalue weighted by atomic mass is 10.1. The first kappa shape index (κ1) is 12.1. The molecule has 0 unspecified atom stereocenters. The number of fused-ring (bicyclic) bond motifs is 1. The Hall–Kier alpha value is -2.41. The summed E-state index contributed by atoms with van der Waals surface area (Å²) in [5.74, 6) is 3.05. The van der Waals surface area contributed by atoms with Crippen molar-refractivity contribution in [2.75, 3.05) is 13.7 Å². The molecule has 2 aromatic rings. The SMILES string of the molecule is C#CCNC(=O)c1oc2ccc(OC)cc2c1C. The molecular weight excluding hydrogens is 230 g/mol. The third-order valence-electron chi connectivity index (χ3n) is 2.70. The smallest absolute Gasteiger partial charge is 0.288 e. The van der Waals surface area contributed by atoms with E-state index < -0.39 is 0 Å². The molecule has 0 aliphatic heterocycles. The van der Waals surface area contributed by atoms with Crippen molar-refractivity contribution in [3.8, 4) is 18.1 Å². The molecule has 1 N–H and O–H groups in total. The van der Waals surface area contributed by atoms with Crippen molar-refractivity contribution in [1.82, 2.24) is 5.32 Å². The molecule has 1 aromatic carbocycles. The van der Waals surface area contributed by atoms with Crippen molar-refractivity contribution < 1.29 is 13.9 Å². The van der Waals surface area contributed by atoms with E-state index in [0.29, 0.717) is 5.58 Å². The number of amides is 1. The molecule has 0 spiro atoms. The number of benzene rings is 1. The van der Waals surface area contributed by atoms with Crippen LogP contribution in [0.15, 0.2) is 22.6 Å². The van der Waals surface area contributed by atoms with Gasteiger partial charge in [0.05, 0.1) is 13.7 Å². The summed E-state index contributed by atoms with van der Waals surface area (Å²) in [5.41, 5.74) is 1.43. The Morgan fingerprint density at radius 3 is 3.00 bits per heavy atom. The van der Waals surface area contributed by atoms with Crippen LogP contribution in [0.4, 0.5) is 0 Å². The van der Waals surface area contributed by atoms with Gasteiger partial charge in [-0.25, -0.2) is 0 Å². The fourth-order valence-electron chi connectivity index (χ4n) is 1.76. The van der Waals surface area contributed by atoms with Crippen LogP contribution < -0.4 is 10.1 Å². The normalized spacial score (nSPS) is 10.1. The summed E-state index contributed by atoms with van der Waals surface area (Å²) < 4.78 is 10.7. The minimum atomic E-state index is -0.305. The van der Waals surface area contributed by atoms with Crippen molar-refractivity contribution >= 4 is 16.9 Å². The number of carbonyl (C=O) groups excluding carboxylic acids is 1. The molecule has 18 heavy (non-hydrogen) atoms. The Morgan fingerprint density at radius 2 is 2.33 bits per heavy atom. The molecule has 0 aliphatic rings. The van der Waals surface area contributed by atoms with Gasteiger partial charge in [0.15, 0.2) is 5.76 Å².